The van der Waals surface area contributed by atoms with Gasteiger partial charge in [-0.15, -0.1) is 0 Å². The zero-order valence-corrected chi connectivity index (χ0v) is 13.1. The number of hydrogen-bond acceptors (Lipinski definition) is 4. The van der Waals surface area contributed by atoms with E-state index in [0.29, 0.717) is 13.2 Å². The normalized spacial score (nSPS) is 24.7. The molecule has 5 nitrogen and oxygen atoms in total. The highest BCUT2D eigenvalue weighted by molar-refractivity contribution is 5.81. The molecule has 1 atom stereocenters. The average molecular weight is 284 g/mol. The smallest absolute Gasteiger partial charge is 0.239 e. The van der Waals surface area contributed by atoms with Gasteiger partial charge in [0.05, 0.1) is 19.3 Å². The van der Waals surface area contributed by atoms with Crippen LogP contribution >= 0.6 is 0 Å². The fraction of sp³-hybridized carbons (Fsp3) is 0.933. The lowest BCUT2D eigenvalue weighted by molar-refractivity contribution is -0.138. The highest BCUT2D eigenvalue weighted by Gasteiger charge is 2.39. The van der Waals surface area contributed by atoms with E-state index < -0.39 is 0 Å². The number of hydrogen-bond donors (Lipinski definition) is 0. The molecule has 20 heavy (non-hydrogen) atoms. The summed E-state index contributed by atoms with van der Waals surface area (Å²) in [4.78, 5) is 16.8. The largest absolute Gasteiger partial charge is 0.381 e. The summed E-state index contributed by atoms with van der Waals surface area (Å²) in [5, 5.41) is 0. The van der Waals surface area contributed by atoms with Gasteiger partial charge in [-0.25, -0.2) is 0 Å². The van der Waals surface area contributed by atoms with Crippen LogP contribution in [0.2, 0.25) is 0 Å². The Kier molecular flexibility index (Phi) is 5.41. The molecule has 0 unspecified atom stereocenters. The van der Waals surface area contributed by atoms with Gasteiger partial charge in [-0.1, -0.05) is 6.92 Å². The highest BCUT2D eigenvalue weighted by Crippen LogP contribution is 2.33. The SMILES string of the molecule is CC[C@@H](C(=O)N1CCOCC2(CCOCC2)C1)N(C)C. The molecule has 2 aliphatic rings. The van der Waals surface area contributed by atoms with Gasteiger partial charge in [-0.05, 0) is 33.4 Å². The lowest BCUT2D eigenvalue weighted by Crippen LogP contribution is -2.50. The molecule has 0 saturated carbocycles. The Bertz CT molecular complexity index is 327. The number of amides is 1. The Morgan fingerprint density at radius 1 is 1.25 bits per heavy atom. The first-order chi connectivity index (χ1) is 9.58. The zero-order valence-electron chi connectivity index (χ0n) is 13.1. The Hall–Kier alpha value is -0.650. The lowest BCUT2D eigenvalue weighted by atomic mass is 9.80. The second-order valence-corrected chi connectivity index (χ2v) is 6.31. The van der Waals surface area contributed by atoms with Crippen LogP contribution in [0.15, 0.2) is 0 Å². The van der Waals surface area contributed by atoms with Gasteiger partial charge in [-0.2, -0.15) is 0 Å². The van der Waals surface area contributed by atoms with Crippen molar-refractivity contribution in [1.29, 1.82) is 0 Å². The fourth-order valence-corrected chi connectivity index (χ4v) is 3.26. The van der Waals surface area contributed by atoms with Crippen LogP contribution in [-0.2, 0) is 14.3 Å². The maximum Gasteiger partial charge on any atom is 0.239 e. The van der Waals surface area contributed by atoms with Crippen molar-refractivity contribution in [2.24, 2.45) is 5.41 Å². The molecule has 0 aliphatic carbocycles. The van der Waals surface area contributed by atoms with Crippen LogP contribution in [0.5, 0.6) is 0 Å². The summed E-state index contributed by atoms with van der Waals surface area (Å²) >= 11 is 0. The van der Waals surface area contributed by atoms with Gasteiger partial charge in [0.25, 0.3) is 0 Å². The minimum Gasteiger partial charge on any atom is -0.381 e. The Morgan fingerprint density at radius 2 is 1.95 bits per heavy atom. The van der Waals surface area contributed by atoms with Gasteiger partial charge in [-0.3, -0.25) is 9.69 Å². The monoisotopic (exact) mass is 284 g/mol. The van der Waals surface area contributed by atoms with Gasteiger partial charge < -0.3 is 14.4 Å². The minimum atomic E-state index is -0.0232. The Labute approximate surface area is 122 Å². The zero-order chi connectivity index (χ0) is 14.6. The predicted octanol–water partition coefficient (Wildman–Crippen LogP) is 0.982. The van der Waals surface area contributed by atoms with E-state index in [1.54, 1.807) is 0 Å². The molecule has 1 spiro atoms. The molecule has 5 heteroatoms. The van der Waals surface area contributed by atoms with E-state index in [9.17, 15) is 4.79 Å². The molecule has 0 aromatic heterocycles. The molecule has 0 aromatic rings. The van der Waals surface area contributed by atoms with Gasteiger partial charge in [0.2, 0.25) is 5.91 Å². The molecular formula is C15H28N2O3. The van der Waals surface area contributed by atoms with E-state index in [1.165, 1.54) is 0 Å². The molecule has 2 fully saturated rings. The van der Waals surface area contributed by atoms with E-state index in [4.69, 9.17) is 9.47 Å². The second-order valence-electron chi connectivity index (χ2n) is 6.31. The van der Waals surface area contributed by atoms with Crippen LogP contribution in [0.4, 0.5) is 0 Å². The summed E-state index contributed by atoms with van der Waals surface area (Å²) in [5.41, 5.74) is 0.106. The van der Waals surface area contributed by atoms with Gasteiger partial charge in [0.15, 0.2) is 0 Å². The lowest BCUT2D eigenvalue weighted by Gasteiger charge is -2.39. The van der Waals surface area contributed by atoms with Gasteiger partial charge >= 0.3 is 0 Å². The van der Waals surface area contributed by atoms with Crippen molar-refractivity contribution in [3.63, 3.8) is 0 Å². The summed E-state index contributed by atoms with van der Waals surface area (Å²) in [6.07, 6.45) is 2.84. The summed E-state index contributed by atoms with van der Waals surface area (Å²) in [6.45, 7) is 6.59. The van der Waals surface area contributed by atoms with Crippen molar-refractivity contribution < 1.29 is 14.3 Å². The first-order valence-corrected chi connectivity index (χ1v) is 7.69. The average Bonchev–Trinajstić information content (AvgIpc) is 2.63. The molecular weight excluding hydrogens is 256 g/mol. The fourth-order valence-electron chi connectivity index (χ4n) is 3.26. The Morgan fingerprint density at radius 3 is 2.55 bits per heavy atom. The first-order valence-electron chi connectivity index (χ1n) is 7.69. The van der Waals surface area contributed by atoms with Crippen molar-refractivity contribution in [3.8, 4) is 0 Å². The van der Waals surface area contributed by atoms with Crippen LogP contribution in [0.25, 0.3) is 0 Å². The molecule has 116 valence electrons. The van der Waals surface area contributed by atoms with Crippen LogP contribution < -0.4 is 0 Å². The van der Waals surface area contributed by atoms with Crippen LogP contribution in [-0.4, -0.2) is 75.4 Å². The van der Waals surface area contributed by atoms with Crippen LogP contribution in [0.1, 0.15) is 26.2 Å². The van der Waals surface area contributed by atoms with Crippen molar-refractivity contribution in [2.45, 2.75) is 32.2 Å². The molecule has 0 aromatic carbocycles. The van der Waals surface area contributed by atoms with E-state index in [0.717, 1.165) is 45.6 Å². The van der Waals surface area contributed by atoms with Gasteiger partial charge in [0, 0.05) is 31.7 Å². The minimum absolute atomic E-state index is 0.0232. The third-order valence-corrected chi connectivity index (χ3v) is 4.60. The second kappa shape index (κ2) is 6.87. The summed E-state index contributed by atoms with van der Waals surface area (Å²) < 4.78 is 11.3. The molecule has 2 rings (SSSR count). The molecule has 0 bridgehead atoms. The number of likely N-dealkylation sites (N-methyl/N-ethyl adjacent to an activating group) is 1. The highest BCUT2D eigenvalue weighted by atomic mass is 16.5. The summed E-state index contributed by atoms with van der Waals surface area (Å²) in [6, 6.07) is -0.0232. The number of carbonyl (C=O) groups is 1. The van der Waals surface area contributed by atoms with E-state index in [-0.39, 0.29) is 17.4 Å². The number of carbonyl (C=O) groups excluding carboxylic acids is 1. The maximum absolute atomic E-state index is 12.7. The quantitative estimate of drug-likeness (QED) is 0.775. The van der Waals surface area contributed by atoms with E-state index in [1.807, 2.05) is 23.9 Å². The van der Waals surface area contributed by atoms with Crippen LogP contribution in [0.3, 0.4) is 0 Å². The standard InChI is InChI=1S/C15H28N2O3/c1-4-13(16(2)3)14(18)17-7-10-20-12-15(11-17)5-8-19-9-6-15/h13H,4-12H2,1-3H3/t13-/m0/s1. The third-order valence-electron chi connectivity index (χ3n) is 4.60. The summed E-state index contributed by atoms with van der Waals surface area (Å²) in [7, 11) is 3.95. The molecule has 0 radical (unpaired) electrons. The maximum atomic E-state index is 12.7. The molecule has 2 saturated heterocycles. The molecule has 0 N–H and O–H groups in total. The molecule has 2 aliphatic heterocycles. The Balaban J connectivity index is 2.07. The molecule has 2 heterocycles. The third kappa shape index (κ3) is 3.51. The van der Waals surface area contributed by atoms with Crippen molar-refractivity contribution in [2.75, 3.05) is 53.6 Å². The van der Waals surface area contributed by atoms with Crippen LogP contribution in [0, 0.1) is 5.41 Å². The predicted molar refractivity (Wildman–Crippen MR) is 77.7 cm³/mol. The first kappa shape index (κ1) is 15.7. The van der Waals surface area contributed by atoms with Crippen molar-refractivity contribution in [3.05, 3.63) is 0 Å². The number of rotatable bonds is 3. The number of nitrogens with zero attached hydrogens (tertiary/aromatic N) is 2. The summed E-state index contributed by atoms with van der Waals surface area (Å²) in [5.74, 6) is 0.244. The molecule has 1 amide bonds. The topological polar surface area (TPSA) is 42.0 Å². The van der Waals surface area contributed by atoms with Crippen molar-refractivity contribution in [1.82, 2.24) is 9.80 Å². The van der Waals surface area contributed by atoms with Gasteiger partial charge in [0.1, 0.15) is 0 Å². The van der Waals surface area contributed by atoms with E-state index in [2.05, 4.69) is 6.92 Å². The number of ether oxygens (including phenoxy) is 2. The van der Waals surface area contributed by atoms with E-state index >= 15 is 0 Å². The van der Waals surface area contributed by atoms with Crippen molar-refractivity contribution >= 4 is 5.91 Å².